The molecule has 8 nitrogen and oxygen atoms in total. The molecule has 0 bridgehead atoms. The number of nitrogens with one attached hydrogen (secondary N) is 3. The van der Waals surface area contributed by atoms with Crippen LogP contribution >= 0.6 is 11.6 Å². The number of hydrogen-bond acceptors (Lipinski definition) is 6. The van der Waals surface area contributed by atoms with E-state index in [1.54, 1.807) is 12.1 Å². The number of carbonyl (C=O) groups excluding carboxylic acids is 1. The van der Waals surface area contributed by atoms with Gasteiger partial charge in [-0.1, -0.05) is 16.8 Å². The summed E-state index contributed by atoms with van der Waals surface area (Å²) >= 11 is 5.95. The minimum atomic E-state index is -0.394. The fourth-order valence-corrected chi connectivity index (χ4v) is 1.57. The monoisotopic (exact) mass is 281 g/mol. The molecule has 2 heterocycles. The molecule has 9 heteroatoms. The van der Waals surface area contributed by atoms with Crippen LogP contribution in [0.1, 0.15) is 23.2 Å². The van der Waals surface area contributed by atoms with Crippen LogP contribution < -0.4 is 10.6 Å². The van der Waals surface area contributed by atoms with Gasteiger partial charge in [0.25, 0.3) is 5.91 Å². The first-order valence-corrected chi connectivity index (χ1v) is 5.99. The van der Waals surface area contributed by atoms with E-state index in [1.165, 1.54) is 0 Å². The van der Waals surface area contributed by atoms with Gasteiger partial charge < -0.3 is 10.6 Å². The molecule has 0 aliphatic carbocycles. The molecule has 0 fully saturated rings. The second-order valence-electron chi connectivity index (χ2n) is 3.57. The molecule has 2 aromatic rings. The summed E-state index contributed by atoms with van der Waals surface area (Å²) in [5, 5.41) is 19.0. The van der Waals surface area contributed by atoms with Crippen LogP contribution in [0.15, 0.2) is 12.1 Å². The summed E-state index contributed by atoms with van der Waals surface area (Å²) in [7, 11) is 0. The average molecular weight is 282 g/mol. The Bertz CT molecular complexity index is 557. The molecule has 0 atom stereocenters. The molecule has 0 spiro atoms. The quantitative estimate of drug-likeness (QED) is 0.741. The van der Waals surface area contributed by atoms with Crippen molar-refractivity contribution in [1.82, 2.24) is 30.9 Å². The molecule has 0 aromatic carbocycles. The number of aromatic amines is 1. The molecule has 100 valence electrons. The maximum atomic E-state index is 11.9. The van der Waals surface area contributed by atoms with E-state index in [4.69, 9.17) is 11.6 Å². The molecule has 0 saturated carbocycles. The lowest BCUT2D eigenvalue weighted by Gasteiger charge is -2.07. The van der Waals surface area contributed by atoms with Crippen molar-refractivity contribution in [3.05, 3.63) is 28.7 Å². The van der Waals surface area contributed by atoms with Gasteiger partial charge in [0.15, 0.2) is 5.82 Å². The number of hydrogen-bond donors (Lipinski definition) is 3. The molecule has 0 aliphatic rings. The van der Waals surface area contributed by atoms with Gasteiger partial charge in [0, 0.05) is 6.54 Å². The Morgan fingerprint density at radius 2 is 2.32 bits per heavy atom. The van der Waals surface area contributed by atoms with E-state index in [0.29, 0.717) is 18.2 Å². The smallest absolute Gasteiger partial charge is 0.271 e. The first-order valence-electron chi connectivity index (χ1n) is 5.61. The van der Waals surface area contributed by atoms with Crippen molar-refractivity contribution >= 4 is 23.3 Å². The predicted molar refractivity (Wildman–Crippen MR) is 68.8 cm³/mol. The third-order valence-electron chi connectivity index (χ3n) is 2.22. The summed E-state index contributed by atoms with van der Waals surface area (Å²) < 4.78 is 0. The van der Waals surface area contributed by atoms with Crippen LogP contribution in [0.2, 0.25) is 5.02 Å². The number of aromatic nitrogens is 5. The van der Waals surface area contributed by atoms with Crippen molar-refractivity contribution in [1.29, 1.82) is 0 Å². The highest BCUT2D eigenvalue weighted by Gasteiger charge is 2.13. The van der Waals surface area contributed by atoms with Crippen molar-refractivity contribution in [2.45, 2.75) is 13.5 Å². The molecular weight excluding hydrogens is 270 g/mol. The molecule has 0 unspecified atom stereocenters. The fourth-order valence-electron chi connectivity index (χ4n) is 1.38. The first-order chi connectivity index (χ1) is 9.20. The highest BCUT2D eigenvalue weighted by Crippen LogP contribution is 2.16. The number of carbonyl (C=O) groups is 1. The van der Waals surface area contributed by atoms with Crippen LogP contribution in [0.25, 0.3) is 0 Å². The van der Waals surface area contributed by atoms with E-state index >= 15 is 0 Å². The van der Waals surface area contributed by atoms with Gasteiger partial charge in [-0.15, -0.1) is 10.2 Å². The topological polar surface area (TPSA) is 108 Å². The van der Waals surface area contributed by atoms with E-state index in [2.05, 4.69) is 36.2 Å². The van der Waals surface area contributed by atoms with E-state index in [1.807, 2.05) is 6.92 Å². The second-order valence-corrected chi connectivity index (χ2v) is 3.98. The Labute approximate surface area is 114 Å². The number of rotatable bonds is 5. The molecule has 0 radical (unpaired) electrons. The maximum absolute atomic E-state index is 11.9. The molecule has 2 aromatic heterocycles. The number of tetrazole rings is 1. The molecular formula is C10H12ClN7O. The highest BCUT2D eigenvalue weighted by atomic mass is 35.5. The number of anilines is 1. The van der Waals surface area contributed by atoms with E-state index in [-0.39, 0.29) is 17.3 Å². The van der Waals surface area contributed by atoms with Gasteiger partial charge >= 0.3 is 0 Å². The Balaban J connectivity index is 2.07. The third-order valence-corrected chi connectivity index (χ3v) is 2.52. The largest absolute Gasteiger partial charge is 0.370 e. The van der Waals surface area contributed by atoms with Crippen molar-refractivity contribution in [3.8, 4) is 0 Å². The van der Waals surface area contributed by atoms with Crippen LogP contribution in [-0.2, 0) is 6.54 Å². The molecule has 3 N–H and O–H groups in total. The summed E-state index contributed by atoms with van der Waals surface area (Å²) in [5.74, 6) is 0.582. The lowest BCUT2D eigenvalue weighted by molar-refractivity contribution is 0.0945. The SMILES string of the molecule is CCNc1ccc(Cl)c(C(=O)NCc2nn[nH]n2)n1. The van der Waals surface area contributed by atoms with Gasteiger partial charge in [-0.2, -0.15) is 5.21 Å². The summed E-state index contributed by atoms with van der Waals surface area (Å²) in [6, 6.07) is 3.33. The lowest BCUT2D eigenvalue weighted by Crippen LogP contribution is -2.25. The maximum Gasteiger partial charge on any atom is 0.271 e. The normalized spacial score (nSPS) is 10.2. The summed E-state index contributed by atoms with van der Waals surface area (Å²) in [6.07, 6.45) is 0. The zero-order valence-corrected chi connectivity index (χ0v) is 10.9. The lowest BCUT2D eigenvalue weighted by atomic mass is 10.3. The number of halogens is 1. The van der Waals surface area contributed by atoms with Gasteiger partial charge in [0.1, 0.15) is 11.5 Å². The Hall–Kier alpha value is -2.22. The Morgan fingerprint density at radius 3 is 3.00 bits per heavy atom. The van der Waals surface area contributed by atoms with Gasteiger partial charge in [0.2, 0.25) is 0 Å². The van der Waals surface area contributed by atoms with Gasteiger partial charge in [-0.05, 0) is 19.1 Å². The molecule has 1 amide bonds. The number of amides is 1. The van der Waals surface area contributed by atoms with Crippen LogP contribution in [-0.4, -0.2) is 38.1 Å². The van der Waals surface area contributed by atoms with Crippen LogP contribution in [0.3, 0.4) is 0 Å². The van der Waals surface area contributed by atoms with Crippen molar-refractivity contribution < 1.29 is 4.79 Å². The summed E-state index contributed by atoms with van der Waals surface area (Å²) in [6.45, 7) is 2.80. The Kier molecular flexibility index (Phi) is 4.24. The standard InChI is InChI=1S/C10H12ClN7O/c1-2-12-7-4-3-6(11)9(14-7)10(19)13-5-8-15-17-18-16-8/h3-4H,2,5H2,1H3,(H,12,14)(H,13,19)(H,15,16,17,18). The van der Waals surface area contributed by atoms with Crippen LogP contribution in [0.4, 0.5) is 5.82 Å². The van der Waals surface area contributed by atoms with Gasteiger partial charge in [-0.3, -0.25) is 4.79 Å². The third kappa shape index (κ3) is 3.38. The molecule has 0 aliphatic heterocycles. The molecule has 0 saturated heterocycles. The van der Waals surface area contributed by atoms with Crippen molar-refractivity contribution in [2.75, 3.05) is 11.9 Å². The molecule has 2 rings (SSSR count). The minimum absolute atomic E-state index is 0.152. The fraction of sp³-hybridized carbons (Fsp3) is 0.300. The van der Waals surface area contributed by atoms with Gasteiger partial charge in [0.05, 0.1) is 11.6 Å². The molecule has 19 heavy (non-hydrogen) atoms. The second kappa shape index (κ2) is 6.10. The van der Waals surface area contributed by atoms with Crippen LogP contribution in [0.5, 0.6) is 0 Å². The minimum Gasteiger partial charge on any atom is -0.370 e. The van der Waals surface area contributed by atoms with E-state index in [0.717, 1.165) is 0 Å². The zero-order chi connectivity index (χ0) is 13.7. The van der Waals surface area contributed by atoms with E-state index < -0.39 is 5.91 Å². The predicted octanol–water partition coefficient (Wildman–Crippen LogP) is 0.610. The van der Waals surface area contributed by atoms with Gasteiger partial charge in [-0.25, -0.2) is 4.98 Å². The van der Waals surface area contributed by atoms with E-state index in [9.17, 15) is 4.79 Å². The zero-order valence-electron chi connectivity index (χ0n) is 10.1. The Morgan fingerprint density at radius 1 is 1.47 bits per heavy atom. The first kappa shape index (κ1) is 13.2. The number of pyridine rings is 1. The highest BCUT2D eigenvalue weighted by molar-refractivity contribution is 6.33. The van der Waals surface area contributed by atoms with Crippen molar-refractivity contribution in [3.63, 3.8) is 0 Å². The summed E-state index contributed by atoms with van der Waals surface area (Å²) in [4.78, 5) is 16.1. The average Bonchev–Trinajstić information content (AvgIpc) is 2.92. The number of H-pyrrole nitrogens is 1. The number of nitrogens with zero attached hydrogens (tertiary/aromatic N) is 4. The van der Waals surface area contributed by atoms with Crippen molar-refractivity contribution in [2.24, 2.45) is 0 Å². The summed E-state index contributed by atoms with van der Waals surface area (Å²) in [5.41, 5.74) is 0.156. The van der Waals surface area contributed by atoms with Crippen LogP contribution in [0, 0.1) is 0 Å².